The number of nitrogens with one attached hydrogen (secondary N) is 1. The maximum atomic E-state index is 6.11. The number of hydrogen-bond acceptors (Lipinski definition) is 3. The Hall–Kier alpha value is -0.995. The van der Waals surface area contributed by atoms with Gasteiger partial charge in [-0.15, -0.1) is 0 Å². The van der Waals surface area contributed by atoms with Crippen LogP contribution in [0.1, 0.15) is 40.2 Å². The monoisotopic (exact) mass is 261 g/mol. The van der Waals surface area contributed by atoms with Crippen molar-refractivity contribution >= 4 is 18.3 Å². The average Bonchev–Trinajstić information content (AvgIpc) is 2.51. The molecule has 0 radical (unpaired) electrons. The minimum Gasteiger partial charge on any atom is -0.399 e. The van der Waals surface area contributed by atoms with Crippen LogP contribution < -0.4 is 10.8 Å². The van der Waals surface area contributed by atoms with Crippen molar-refractivity contribution in [2.45, 2.75) is 52.7 Å². The van der Waals surface area contributed by atoms with Gasteiger partial charge in [0.2, 0.25) is 0 Å². The van der Waals surface area contributed by atoms with Gasteiger partial charge in [-0.05, 0) is 58.6 Å². The fourth-order valence-electron chi connectivity index (χ4n) is 2.26. The van der Waals surface area contributed by atoms with Crippen LogP contribution in [0.4, 0.5) is 5.69 Å². The normalized spacial score (nSPS) is 20.6. The van der Waals surface area contributed by atoms with E-state index in [4.69, 9.17) is 9.31 Å². The zero-order chi connectivity index (χ0) is 14.3. The van der Waals surface area contributed by atoms with Gasteiger partial charge in [0, 0.05) is 12.2 Å². The van der Waals surface area contributed by atoms with E-state index >= 15 is 0 Å². The van der Waals surface area contributed by atoms with Crippen molar-refractivity contribution in [2.24, 2.45) is 0 Å². The molecule has 104 valence electrons. The van der Waals surface area contributed by atoms with Crippen LogP contribution in [0, 0.1) is 6.92 Å². The molecule has 4 heteroatoms. The van der Waals surface area contributed by atoms with Crippen LogP contribution in [0.5, 0.6) is 0 Å². The first-order valence-corrected chi connectivity index (χ1v) is 6.97. The summed E-state index contributed by atoms with van der Waals surface area (Å²) < 4.78 is 12.2. The highest BCUT2D eigenvalue weighted by atomic mass is 16.7. The van der Waals surface area contributed by atoms with E-state index in [9.17, 15) is 0 Å². The summed E-state index contributed by atoms with van der Waals surface area (Å²) in [5.41, 5.74) is 2.87. The summed E-state index contributed by atoms with van der Waals surface area (Å²) in [4.78, 5) is 0. The summed E-state index contributed by atoms with van der Waals surface area (Å²) in [6.07, 6.45) is 0. The second-order valence-corrected chi connectivity index (χ2v) is 6.14. The first-order chi connectivity index (χ1) is 8.78. The molecule has 1 fully saturated rings. The molecule has 0 bridgehead atoms. The maximum absolute atomic E-state index is 6.11. The third-order valence-corrected chi connectivity index (χ3v) is 4.25. The minimum atomic E-state index is -0.293. The van der Waals surface area contributed by atoms with E-state index in [-0.39, 0.29) is 18.3 Å². The molecule has 1 aromatic rings. The standard InChI is InChI=1S/C15H24BNO2/c1-7-17-13-10-8-9-12(11(13)2)16-18-14(3,4)15(5,6)19-16/h8-10,17H,7H2,1-6H3. The summed E-state index contributed by atoms with van der Waals surface area (Å²) in [6, 6.07) is 6.22. The Labute approximate surface area is 116 Å². The van der Waals surface area contributed by atoms with Crippen molar-refractivity contribution < 1.29 is 9.31 Å². The lowest BCUT2D eigenvalue weighted by Crippen LogP contribution is -2.41. The fraction of sp³-hybridized carbons (Fsp3) is 0.600. The van der Waals surface area contributed by atoms with Crippen LogP contribution in [0.3, 0.4) is 0 Å². The Bertz CT molecular complexity index is 455. The van der Waals surface area contributed by atoms with E-state index in [2.05, 4.69) is 59.0 Å². The zero-order valence-electron chi connectivity index (χ0n) is 12.8. The molecular weight excluding hydrogens is 237 g/mol. The Morgan fingerprint density at radius 1 is 1.11 bits per heavy atom. The van der Waals surface area contributed by atoms with E-state index in [1.807, 2.05) is 6.07 Å². The minimum absolute atomic E-state index is 0.288. The molecule has 0 atom stereocenters. The lowest BCUT2D eigenvalue weighted by atomic mass is 9.76. The highest BCUT2D eigenvalue weighted by Gasteiger charge is 2.52. The van der Waals surface area contributed by atoms with Gasteiger partial charge in [0.05, 0.1) is 11.2 Å². The van der Waals surface area contributed by atoms with Crippen molar-refractivity contribution in [1.82, 2.24) is 0 Å². The summed E-state index contributed by atoms with van der Waals surface area (Å²) in [5, 5.41) is 3.37. The molecule has 2 rings (SSSR count). The average molecular weight is 261 g/mol. The van der Waals surface area contributed by atoms with Gasteiger partial charge in [-0.25, -0.2) is 0 Å². The Balaban J connectivity index is 2.32. The predicted octanol–water partition coefficient (Wildman–Crippen LogP) is 2.73. The van der Waals surface area contributed by atoms with Gasteiger partial charge in [0.15, 0.2) is 0 Å². The van der Waals surface area contributed by atoms with Crippen LogP contribution in [0.25, 0.3) is 0 Å². The molecule has 0 aliphatic carbocycles. The topological polar surface area (TPSA) is 30.5 Å². The molecule has 1 aliphatic heterocycles. The van der Waals surface area contributed by atoms with Crippen LogP contribution in [-0.2, 0) is 9.31 Å². The molecule has 1 aliphatic rings. The highest BCUT2D eigenvalue weighted by molar-refractivity contribution is 6.62. The van der Waals surface area contributed by atoms with Gasteiger partial charge >= 0.3 is 7.12 Å². The number of benzene rings is 1. The second-order valence-electron chi connectivity index (χ2n) is 6.14. The third kappa shape index (κ3) is 2.52. The van der Waals surface area contributed by atoms with E-state index in [1.165, 1.54) is 5.56 Å². The van der Waals surface area contributed by atoms with Gasteiger partial charge in [0.1, 0.15) is 0 Å². The molecule has 0 saturated carbocycles. The van der Waals surface area contributed by atoms with Crippen molar-refractivity contribution in [2.75, 3.05) is 11.9 Å². The van der Waals surface area contributed by atoms with Crippen LogP contribution >= 0.6 is 0 Å². The number of hydrogen-bond donors (Lipinski definition) is 1. The van der Waals surface area contributed by atoms with Gasteiger partial charge in [-0.1, -0.05) is 12.1 Å². The summed E-state index contributed by atoms with van der Waals surface area (Å²) in [6.45, 7) is 13.4. The molecule has 0 amide bonds. The second kappa shape index (κ2) is 4.84. The highest BCUT2D eigenvalue weighted by Crippen LogP contribution is 2.36. The SMILES string of the molecule is CCNc1cccc(B2OC(C)(C)C(C)(C)O2)c1C. The summed E-state index contributed by atoms with van der Waals surface area (Å²) in [7, 11) is -0.288. The van der Waals surface area contributed by atoms with Crippen molar-refractivity contribution in [3.63, 3.8) is 0 Å². The van der Waals surface area contributed by atoms with Crippen molar-refractivity contribution in [1.29, 1.82) is 0 Å². The third-order valence-electron chi connectivity index (χ3n) is 4.25. The lowest BCUT2D eigenvalue weighted by Gasteiger charge is -2.32. The number of anilines is 1. The van der Waals surface area contributed by atoms with Crippen LogP contribution in [0.15, 0.2) is 18.2 Å². The number of rotatable bonds is 3. The lowest BCUT2D eigenvalue weighted by molar-refractivity contribution is 0.00578. The molecule has 1 N–H and O–H groups in total. The largest absolute Gasteiger partial charge is 0.495 e. The summed E-state index contributed by atoms with van der Waals surface area (Å²) >= 11 is 0. The van der Waals surface area contributed by atoms with E-state index < -0.39 is 0 Å². The van der Waals surface area contributed by atoms with Crippen molar-refractivity contribution in [3.8, 4) is 0 Å². The zero-order valence-corrected chi connectivity index (χ0v) is 12.8. The molecule has 0 spiro atoms. The van der Waals surface area contributed by atoms with Crippen molar-refractivity contribution in [3.05, 3.63) is 23.8 Å². The molecule has 0 aromatic heterocycles. The van der Waals surface area contributed by atoms with E-state index in [0.717, 1.165) is 17.7 Å². The molecule has 1 aromatic carbocycles. The van der Waals surface area contributed by atoms with Gasteiger partial charge in [0.25, 0.3) is 0 Å². The van der Waals surface area contributed by atoms with E-state index in [1.54, 1.807) is 0 Å². The van der Waals surface area contributed by atoms with Gasteiger partial charge < -0.3 is 14.6 Å². The predicted molar refractivity (Wildman–Crippen MR) is 81.1 cm³/mol. The van der Waals surface area contributed by atoms with Gasteiger partial charge in [-0.3, -0.25) is 0 Å². The maximum Gasteiger partial charge on any atom is 0.495 e. The van der Waals surface area contributed by atoms with E-state index in [0.29, 0.717) is 0 Å². The molecular formula is C15H24BNO2. The first kappa shape index (κ1) is 14.4. The Morgan fingerprint density at radius 3 is 2.21 bits per heavy atom. The molecule has 3 nitrogen and oxygen atoms in total. The van der Waals surface area contributed by atoms with Gasteiger partial charge in [-0.2, -0.15) is 0 Å². The molecule has 1 saturated heterocycles. The molecule has 19 heavy (non-hydrogen) atoms. The Kier molecular flexibility index (Phi) is 3.67. The fourth-order valence-corrected chi connectivity index (χ4v) is 2.26. The first-order valence-electron chi connectivity index (χ1n) is 6.97. The van der Waals surface area contributed by atoms with Crippen LogP contribution in [0.2, 0.25) is 0 Å². The Morgan fingerprint density at radius 2 is 1.68 bits per heavy atom. The van der Waals surface area contributed by atoms with Crippen LogP contribution in [-0.4, -0.2) is 24.9 Å². The molecule has 0 unspecified atom stereocenters. The quantitative estimate of drug-likeness (QED) is 0.848. The molecule has 1 heterocycles. The summed E-state index contributed by atoms with van der Waals surface area (Å²) in [5.74, 6) is 0. The smallest absolute Gasteiger partial charge is 0.399 e.